The first-order valence-corrected chi connectivity index (χ1v) is 8.23. The third-order valence-corrected chi connectivity index (χ3v) is 4.39. The molecule has 0 spiro atoms. The zero-order chi connectivity index (χ0) is 17.3. The van der Waals surface area contributed by atoms with Crippen LogP contribution in [0.2, 0.25) is 0 Å². The second-order valence-corrected chi connectivity index (χ2v) is 5.82. The van der Waals surface area contributed by atoms with E-state index in [4.69, 9.17) is 0 Å². The SMILES string of the molecule is CCN(CC)C(=O)c1ccc(-n2c(C)cc3ccccc32)cc1F. The van der Waals surface area contributed by atoms with Gasteiger partial charge in [-0.3, -0.25) is 4.79 Å². The highest BCUT2D eigenvalue weighted by molar-refractivity contribution is 5.94. The predicted molar refractivity (Wildman–Crippen MR) is 95.2 cm³/mol. The monoisotopic (exact) mass is 324 g/mol. The van der Waals surface area contributed by atoms with E-state index in [-0.39, 0.29) is 11.5 Å². The summed E-state index contributed by atoms with van der Waals surface area (Å²) in [5.74, 6) is -0.750. The molecule has 0 saturated carbocycles. The number of nitrogens with zero attached hydrogens (tertiary/aromatic N) is 2. The van der Waals surface area contributed by atoms with Crippen molar-refractivity contribution in [2.75, 3.05) is 13.1 Å². The summed E-state index contributed by atoms with van der Waals surface area (Å²) in [6, 6.07) is 14.9. The molecule has 1 amide bonds. The highest BCUT2D eigenvalue weighted by Crippen LogP contribution is 2.25. The van der Waals surface area contributed by atoms with E-state index in [0.29, 0.717) is 13.1 Å². The first-order chi connectivity index (χ1) is 11.6. The molecule has 0 N–H and O–H groups in total. The lowest BCUT2D eigenvalue weighted by atomic mass is 10.1. The minimum absolute atomic E-state index is 0.122. The molecule has 1 heterocycles. The number of halogens is 1. The van der Waals surface area contributed by atoms with Crippen LogP contribution < -0.4 is 0 Å². The molecule has 0 fully saturated rings. The van der Waals surface area contributed by atoms with E-state index in [0.717, 1.165) is 22.3 Å². The Bertz CT molecular complexity index is 894. The van der Waals surface area contributed by atoms with Gasteiger partial charge in [-0.2, -0.15) is 0 Å². The Balaban J connectivity index is 2.06. The number of hydrogen-bond acceptors (Lipinski definition) is 1. The molecule has 124 valence electrons. The summed E-state index contributed by atoms with van der Waals surface area (Å²) < 4.78 is 16.6. The molecular weight excluding hydrogens is 303 g/mol. The Morgan fingerprint density at radius 2 is 1.79 bits per heavy atom. The van der Waals surface area contributed by atoms with E-state index in [9.17, 15) is 9.18 Å². The Kier molecular flexibility index (Phi) is 4.38. The van der Waals surface area contributed by atoms with Crippen molar-refractivity contribution in [3.63, 3.8) is 0 Å². The molecule has 24 heavy (non-hydrogen) atoms. The minimum Gasteiger partial charge on any atom is -0.339 e. The zero-order valence-electron chi connectivity index (χ0n) is 14.2. The largest absolute Gasteiger partial charge is 0.339 e. The number of carbonyl (C=O) groups excluding carboxylic acids is 1. The van der Waals surface area contributed by atoms with Gasteiger partial charge < -0.3 is 9.47 Å². The predicted octanol–water partition coefficient (Wildman–Crippen LogP) is 4.56. The van der Waals surface area contributed by atoms with Crippen LogP contribution in [0.15, 0.2) is 48.5 Å². The molecule has 0 aliphatic heterocycles. The summed E-state index contributed by atoms with van der Waals surface area (Å²) in [6.45, 7) is 6.91. The first kappa shape index (κ1) is 16.2. The Hall–Kier alpha value is -2.62. The fourth-order valence-corrected chi connectivity index (χ4v) is 3.13. The number of benzene rings is 2. The highest BCUT2D eigenvalue weighted by atomic mass is 19.1. The maximum absolute atomic E-state index is 14.6. The number of amides is 1. The van der Waals surface area contributed by atoms with Crippen LogP contribution in [0.5, 0.6) is 0 Å². The zero-order valence-corrected chi connectivity index (χ0v) is 14.2. The van der Waals surface area contributed by atoms with E-state index >= 15 is 0 Å². The smallest absolute Gasteiger partial charge is 0.256 e. The van der Waals surface area contributed by atoms with E-state index in [2.05, 4.69) is 6.07 Å². The number of aromatic nitrogens is 1. The normalized spacial score (nSPS) is 11.0. The molecule has 3 nitrogen and oxygen atoms in total. The van der Waals surface area contributed by atoms with Crippen molar-refractivity contribution < 1.29 is 9.18 Å². The maximum Gasteiger partial charge on any atom is 0.256 e. The highest BCUT2D eigenvalue weighted by Gasteiger charge is 2.18. The van der Waals surface area contributed by atoms with Gasteiger partial charge >= 0.3 is 0 Å². The van der Waals surface area contributed by atoms with Crippen LogP contribution in [0, 0.1) is 12.7 Å². The molecule has 2 aromatic carbocycles. The van der Waals surface area contributed by atoms with Gasteiger partial charge in [0.2, 0.25) is 0 Å². The van der Waals surface area contributed by atoms with Gasteiger partial charge in [0, 0.05) is 29.9 Å². The standard InChI is InChI=1S/C20H21FN2O/c1-4-22(5-2)20(24)17-11-10-16(13-18(17)21)23-14(3)12-15-8-6-7-9-19(15)23/h6-13H,4-5H2,1-3H3. The van der Waals surface area contributed by atoms with Gasteiger partial charge in [0.05, 0.1) is 11.1 Å². The molecule has 0 saturated heterocycles. The van der Waals surface area contributed by atoms with Crippen LogP contribution in [0.1, 0.15) is 29.9 Å². The fourth-order valence-electron chi connectivity index (χ4n) is 3.13. The van der Waals surface area contributed by atoms with Crippen molar-refractivity contribution in [2.24, 2.45) is 0 Å². The topological polar surface area (TPSA) is 25.2 Å². The third kappa shape index (κ3) is 2.68. The molecule has 0 aliphatic rings. The van der Waals surface area contributed by atoms with Crippen molar-refractivity contribution in [1.82, 2.24) is 9.47 Å². The average molecular weight is 324 g/mol. The number of hydrogen-bond donors (Lipinski definition) is 0. The van der Waals surface area contributed by atoms with Crippen LogP contribution in [-0.4, -0.2) is 28.5 Å². The minimum atomic E-state index is -0.485. The Morgan fingerprint density at radius 3 is 2.46 bits per heavy atom. The number of para-hydroxylation sites is 1. The van der Waals surface area contributed by atoms with Gasteiger partial charge in [0.15, 0.2) is 0 Å². The van der Waals surface area contributed by atoms with Gasteiger partial charge in [-0.25, -0.2) is 4.39 Å². The van der Waals surface area contributed by atoms with Crippen molar-refractivity contribution >= 4 is 16.8 Å². The molecule has 3 rings (SSSR count). The quantitative estimate of drug-likeness (QED) is 0.690. The average Bonchev–Trinajstić information content (AvgIpc) is 2.91. The summed E-state index contributed by atoms with van der Waals surface area (Å²) in [6.07, 6.45) is 0. The van der Waals surface area contributed by atoms with E-state index in [1.54, 1.807) is 17.0 Å². The first-order valence-electron chi connectivity index (χ1n) is 8.23. The molecule has 0 atom stereocenters. The molecule has 0 aliphatic carbocycles. The summed E-state index contributed by atoms with van der Waals surface area (Å²) >= 11 is 0. The Morgan fingerprint density at radius 1 is 1.08 bits per heavy atom. The van der Waals surface area contributed by atoms with Crippen LogP contribution >= 0.6 is 0 Å². The number of aryl methyl sites for hydroxylation is 1. The van der Waals surface area contributed by atoms with Gasteiger partial charge in [-0.1, -0.05) is 18.2 Å². The fraction of sp³-hybridized carbons (Fsp3) is 0.250. The van der Waals surface area contributed by atoms with Crippen molar-refractivity contribution in [3.05, 3.63) is 65.6 Å². The number of rotatable bonds is 4. The van der Waals surface area contributed by atoms with Gasteiger partial charge in [0.25, 0.3) is 5.91 Å². The molecular formula is C20H21FN2O. The van der Waals surface area contributed by atoms with Gasteiger partial charge in [-0.05, 0) is 51.1 Å². The summed E-state index contributed by atoms with van der Waals surface area (Å²) in [5, 5.41) is 1.11. The van der Waals surface area contributed by atoms with Crippen LogP contribution in [0.4, 0.5) is 4.39 Å². The second-order valence-electron chi connectivity index (χ2n) is 5.82. The van der Waals surface area contributed by atoms with Gasteiger partial charge in [0.1, 0.15) is 5.82 Å². The number of carbonyl (C=O) groups is 1. The molecule has 3 aromatic rings. The molecule has 0 bridgehead atoms. The van der Waals surface area contributed by atoms with Crippen LogP contribution in [-0.2, 0) is 0 Å². The Labute approximate surface area is 141 Å². The second kappa shape index (κ2) is 6.48. The lowest BCUT2D eigenvalue weighted by Crippen LogP contribution is -2.31. The van der Waals surface area contributed by atoms with E-state index < -0.39 is 5.82 Å². The molecule has 4 heteroatoms. The lowest BCUT2D eigenvalue weighted by Gasteiger charge is -2.19. The summed E-state index contributed by atoms with van der Waals surface area (Å²) in [5.41, 5.74) is 2.90. The van der Waals surface area contributed by atoms with Crippen molar-refractivity contribution in [3.8, 4) is 5.69 Å². The van der Waals surface area contributed by atoms with Crippen LogP contribution in [0.3, 0.4) is 0 Å². The lowest BCUT2D eigenvalue weighted by molar-refractivity contribution is 0.0768. The van der Waals surface area contributed by atoms with E-state index in [1.165, 1.54) is 6.07 Å². The summed E-state index contributed by atoms with van der Waals surface area (Å²) in [7, 11) is 0. The molecule has 0 radical (unpaired) electrons. The summed E-state index contributed by atoms with van der Waals surface area (Å²) in [4.78, 5) is 14.0. The molecule has 1 aromatic heterocycles. The maximum atomic E-state index is 14.6. The van der Waals surface area contributed by atoms with Gasteiger partial charge in [-0.15, -0.1) is 0 Å². The van der Waals surface area contributed by atoms with Crippen LogP contribution in [0.25, 0.3) is 16.6 Å². The van der Waals surface area contributed by atoms with Crippen molar-refractivity contribution in [1.29, 1.82) is 0 Å². The van der Waals surface area contributed by atoms with E-state index in [1.807, 2.05) is 49.6 Å². The third-order valence-electron chi connectivity index (χ3n) is 4.39. The van der Waals surface area contributed by atoms with Crippen molar-refractivity contribution in [2.45, 2.75) is 20.8 Å². The number of fused-ring (bicyclic) bond motifs is 1. The molecule has 0 unspecified atom stereocenters.